The summed E-state index contributed by atoms with van der Waals surface area (Å²) in [5.74, 6) is 0. The number of rotatable bonds is 3. The van der Waals surface area contributed by atoms with Crippen LogP contribution >= 0.6 is 0 Å². The van der Waals surface area contributed by atoms with Crippen molar-refractivity contribution < 1.29 is 17.5 Å². The number of nitro groups is 1. The Bertz CT molecular complexity index is 574. The summed E-state index contributed by atoms with van der Waals surface area (Å²) in [6, 6.07) is 3.22. The molecule has 0 radical (unpaired) electrons. The summed E-state index contributed by atoms with van der Waals surface area (Å²) in [7, 11) is -4.05. The van der Waals surface area contributed by atoms with Gasteiger partial charge in [-0.05, 0) is 32.9 Å². The second-order valence-corrected chi connectivity index (χ2v) is 6.17. The van der Waals surface area contributed by atoms with Crippen LogP contribution in [0.2, 0.25) is 0 Å². The van der Waals surface area contributed by atoms with Crippen molar-refractivity contribution in [1.29, 1.82) is 0 Å². The van der Waals surface area contributed by atoms with Crippen LogP contribution in [0.4, 0.5) is 11.4 Å². The second-order valence-electron chi connectivity index (χ2n) is 4.63. The molecule has 7 nitrogen and oxygen atoms in total. The molecule has 0 bridgehead atoms. The molecule has 1 rings (SSSR count). The van der Waals surface area contributed by atoms with Crippen LogP contribution in [0, 0.1) is 10.1 Å². The molecule has 1 aromatic carbocycles. The molecule has 0 atom stereocenters. The molecule has 18 heavy (non-hydrogen) atoms. The average Bonchev–Trinajstić information content (AvgIpc) is 2.13. The van der Waals surface area contributed by atoms with Gasteiger partial charge in [0, 0.05) is 6.07 Å². The summed E-state index contributed by atoms with van der Waals surface area (Å²) < 4.78 is 28.6. The van der Waals surface area contributed by atoms with Gasteiger partial charge in [0.05, 0.1) is 10.5 Å². The maximum atomic E-state index is 11.8. The van der Waals surface area contributed by atoms with Gasteiger partial charge in [-0.1, -0.05) is 0 Å². The van der Waals surface area contributed by atoms with Crippen LogP contribution in [0.25, 0.3) is 0 Å². The van der Waals surface area contributed by atoms with E-state index in [0.29, 0.717) is 0 Å². The van der Waals surface area contributed by atoms with E-state index in [-0.39, 0.29) is 10.6 Å². The monoisotopic (exact) mass is 274 g/mol. The summed E-state index contributed by atoms with van der Waals surface area (Å²) >= 11 is 0. The fraction of sp³-hybridized carbons (Fsp3) is 0.400. The minimum Gasteiger partial charge on any atom is -0.393 e. The highest BCUT2D eigenvalue weighted by Crippen LogP contribution is 2.27. The normalized spacial score (nSPS) is 12.4. The lowest BCUT2D eigenvalue weighted by Gasteiger charge is -2.18. The molecule has 0 spiro atoms. The predicted molar refractivity (Wildman–Crippen MR) is 65.5 cm³/mol. The molecule has 0 aliphatic rings. The summed E-state index contributed by atoms with van der Waals surface area (Å²) in [5.41, 5.74) is 3.90. The standard InChI is InChI=1S/C10H14N2O5S/c1-10(2,3)17-18(15,16)7-4-5-8(11)9(6-7)12(13)14/h4-6H,11H2,1-3H3. The van der Waals surface area contributed by atoms with Crippen LogP contribution < -0.4 is 5.73 Å². The van der Waals surface area contributed by atoms with Gasteiger partial charge in [0.15, 0.2) is 0 Å². The highest BCUT2D eigenvalue weighted by Gasteiger charge is 2.26. The zero-order valence-corrected chi connectivity index (χ0v) is 11.0. The van der Waals surface area contributed by atoms with Gasteiger partial charge in [-0.15, -0.1) is 0 Å². The van der Waals surface area contributed by atoms with E-state index in [1.807, 2.05) is 0 Å². The average molecular weight is 274 g/mol. The summed E-state index contributed by atoms with van der Waals surface area (Å²) in [5, 5.41) is 10.7. The maximum absolute atomic E-state index is 11.8. The van der Waals surface area contributed by atoms with Crippen molar-refractivity contribution in [3.8, 4) is 0 Å². The van der Waals surface area contributed by atoms with Gasteiger partial charge in [-0.25, -0.2) is 0 Å². The minimum absolute atomic E-state index is 0.102. The molecule has 0 fully saturated rings. The van der Waals surface area contributed by atoms with E-state index in [0.717, 1.165) is 12.1 Å². The number of nitrogens with zero attached hydrogens (tertiary/aromatic N) is 1. The number of anilines is 1. The molecule has 0 aliphatic heterocycles. The van der Waals surface area contributed by atoms with E-state index < -0.39 is 26.3 Å². The molecule has 1 aromatic rings. The van der Waals surface area contributed by atoms with Crippen LogP contribution in [0.15, 0.2) is 23.1 Å². The third kappa shape index (κ3) is 3.41. The number of nitrogen functional groups attached to an aromatic ring is 1. The van der Waals surface area contributed by atoms with Crippen molar-refractivity contribution in [3.05, 3.63) is 28.3 Å². The Kier molecular flexibility index (Phi) is 3.63. The molecule has 8 heteroatoms. The molecule has 0 unspecified atom stereocenters. The summed E-state index contributed by atoms with van der Waals surface area (Å²) in [4.78, 5) is 9.64. The molecule has 0 aromatic heterocycles. The molecule has 0 aliphatic carbocycles. The Morgan fingerprint density at radius 3 is 2.33 bits per heavy atom. The van der Waals surface area contributed by atoms with Crippen LogP contribution in [-0.4, -0.2) is 18.9 Å². The Hall–Kier alpha value is -1.67. The van der Waals surface area contributed by atoms with E-state index in [4.69, 9.17) is 9.92 Å². The quantitative estimate of drug-likeness (QED) is 0.388. The summed E-state index contributed by atoms with van der Waals surface area (Å²) in [6.07, 6.45) is 0. The van der Waals surface area contributed by atoms with Gasteiger partial charge in [-0.2, -0.15) is 8.42 Å². The van der Waals surface area contributed by atoms with E-state index in [1.54, 1.807) is 20.8 Å². The fourth-order valence-electron chi connectivity index (χ4n) is 1.21. The number of nitrogens with two attached hydrogens (primary N) is 1. The first-order valence-electron chi connectivity index (χ1n) is 5.02. The van der Waals surface area contributed by atoms with Gasteiger partial charge in [0.2, 0.25) is 0 Å². The first kappa shape index (κ1) is 14.4. The van der Waals surface area contributed by atoms with Crippen LogP contribution in [0.3, 0.4) is 0 Å². The SMILES string of the molecule is CC(C)(C)OS(=O)(=O)c1ccc(N)c([N+](=O)[O-])c1. The van der Waals surface area contributed by atoms with Crippen LogP contribution in [-0.2, 0) is 14.3 Å². The van der Waals surface area contributed by atoms with Gasteiger partial charge in [-0.3, -0.25) is 14.3 Å². The number of benzene rings is 1. The van der Waals surface area contributed by atoms with Crippen molar-refractivity contribution in [2.75, 3.05) is 5.73 Å². The smallest absolute Gasteiger partial charge is 0.297 e. The third-order valence-electron chi connectivity index (χ3n) is 1.85. The van der Waals surface area contributed by atoms with Gasteiger partial charge in [0.25, 0.3) is 15.8 Å². The number of nitro benzene ring substituents is 1. The highest BCUT2D eigenvalue weighted by atomic mass is 32.2. The molecule has 0 amide bonds. The second kappa shape index (κ2) is 4.54. The zero-order chi connectivity index (χ0) is 14.1. The van der Waals surface area contributed by atoms with Crippen molar-refractivity contribution in [1.82, 2.24) is 0 Å². The lowest BCUT2D eigenvalue weighted by Crippen LogP contribution is -2.24. The van der Waals surface area contributed by atoms with E-state index in [1.165, 1.54) is 6.07 Å². The third-order valence-corrected chi connectivity index (χ3v) is 3.40. The number of hydrogen-bond acceptors (Lipinski definition) is 6. The Morgan fingerprint density at radius 2 is 1.89 bits per heavy atom. The van der Waals surface area contributed by atoms with E-state index >= 15 is 0 Å². The fourth-order valence-corrected chi connectivity index (χ4v) is 2.46. The first-order valence-corrected chi connectivity index (χ1v) is 6.43. The van der Waals surface area contributed by atoms with Gasteiger partial charge < -0.3 is 5.73 Å². The molecule has 0 saturated carbocycles. The molecule has 0 saturated heterocycles. The van der Waals surface area contributed by atoms with Crippen molar-refractivity contribution in [2.45, 2.75) is 31.3 Å². The van der Waals surface area contributed by atoms with Crippen molar-refractivity contribution in [2.24, 2.45) is 0 Å². The van der Waals surface area contributed by atoms with E-state index in [9.17, 15) is 18.5 Å². The molecule has 2 N–H and O–H groups in total. The molecular formula is C10H14N2O5S. The topological polar surface area (TPSA) is 113 Å². The van der Waals surface area contributed by atoms with Gasteiger partial charge >= 0.3 is 0 Å². The summed E-state index contributed by atoms with van der Waals surface area (Å²) in [6.45, 7) is 4.70. The van der Waals surface area contributed by atoms with Crippen LogP contribution in [0.5, 0.6) is 0 Å². The highest BCUT2D eigenvalue weighted by molar-refractivity contribution is 7.86. The number of hydrogen-bond donors (Lipinski definition) is 1. The minimum atomic E-state index is -4.05. The molecule has 0 heterocycles. The van der Waals surface area contributed by atoms with Crippen molar-refractivity contribution in [3.63, 3.8) is 0 Å². The van der Waals surface area contributed by atoms with Crippen molar-refractivity contribution >= 4 is 21.5 Å². The van der Waals surface area contributed by atoms with Gasteiger partial charge in [0.1, 0.15) is 10.6 Å². The largest absolute Gasteiger partial charge is 0.393 e. The predicted octanol–water partition coefficient (Wildman–Crippen LogP) is 1.68. The zero-order valence-electron chi connectivity index (χ0n) is 10.2. The maximum Gasteiger partial charge on any atom is 0.297 e. The lowest BCUT2D eigenvalue weighted by molar-refractivity contribution is -0.384. The Labute approximate surface area is 105 Å². The van der Waals surface area contributed by atoms with Crippen LogP contribution in [0.1, 0.15) is 20.8 Å². The molecule has 100 valence electrons. The Balaban J connectivity index is 3.27. The van der Waals surface area contributed by atoms with E-state index in [2.05, 4.69) is 0 Å². The Morgan fingerprint density at radius 1 is 1.33 bits per heavy atom. The molecular weight excluding hydrogens is 260 g/mol. The lowest BCUT2D eigenvalue weighted by atomic mass is 10.2. The first-order chi connectivity index (χ1) is 8.03.